The van der Waals surface area contributed by atoms with Crippen LogP contribution >= 0.6 is 22.9 Å². The monoisotopic (exact) mass is 344 g/mol. The molecule has 21 heavy (non-hydrogen) atoms. The first-order chi connectivity index (χ1) is 9.85. The van der Waals surface area contributed by atoms with Gasteiger partial charge in [0, 0.05) is 16.4 Å². The second-order valence-corrected chi connectivity index (χ2v) is 8.30. The molecule has 0 radical (unpaired) electrons. The maximum Gasteiger partial charge on any atom is 0.215 e. The summed E-state index contributed by atoms with van der Waals surface area (Å²) in [6.45, 7) is 4.28. The molecule has 0 saturated heterocycles. The summed E-state index contributed by atoms with van der Waals surface area (Å²) in [4.78, 5) is 5.46. The van der Waals surface area contributed by atoms with E-state index in [1.807, 2.05) is 13.8 Å². The highest BCUT2D eigenvalue weighted by Crippen LogP contribution is 2.17. The Balaban J connectivity index is 1.89. The molecular weight excluding hydrogens is 328 g/mol. The molecule has 114 valence electrons. The lowest BCUT2D eigenvalue weighted by Crippen LogP contribution is -2.27. The normalized spacial score (nSPS) is 11.8. The lowest BCUT2D eigenvalue weighted by Gasteiger charge is -2.06. The smallest absolute Gasteiger partial charge is 0.215 e. The van der Waals surface area contributed by atoms with Crippen LogP contribution < -0.4 is 4.72 Å². The molecule has 2 aromatic rings. The van der Waals surface area contributed by atoms with Gasteiger partial charge in [0.2, 0.25) is 10.0 Å². The summed E-state index contributed by atoms with van der Waals surface area (Å²) >= 11 is 7.39. The fraction of sp³-hybridized carbons (Fsp3) is 0.357. The molecule has 0 fully saturated rings. The molecule has 0 bridgehead atoms. The van der Waals surface area contributed by atoms with Crippen LogP contribution in [0.2, 0.25) is 5.02 Å². The Hall–Kier alpha value is -0.950. The Labute approximate surface area is 134 Å². The number of aromatic nitrogens is 1. The number of aryl methyl sites for hydroxylation is 2. The summed E-state index contributed by atoms with van der Waals surface area (Å²) in [7, 11) is -3.33. The summed E-state index contributed by atoms with van der Waals surface area (Å²) < 4.78 is 26.6. The van der Waals surface area contributed by atoms with Crippen LogP contribution in [0.25, 0.3) is 0 Å². The van der Waals surface area contributed by atoms with E-state index in [1.54, 1.807) is 35.6 Å². The summed E-state index contributed by atoms with van der Waals surface area (Å²) in [6, 6.07) is 6.82. The third-order valence-corrected chi connectivity index (χ3v) is 5.69. The standard InChI is InChI=1S/C14H17ClN2O2S2/c1-10-14(20-11(2)17-10)7-8-16-21(18,19)9-12-3-5-13(15)6-4-12/h3-6,16H,7-9H2,1-2H3. The van der Waals surface area contributed by atoms with E-state index < -0.39 is 10.0 Å². The second kappa shape index (κ2) is 6.87. The fourth-order valence-electron chi connectivity index (χ4n) is 1.98. The fourth-order valence-corrected chi connectivity index (χ4v) is 4.19. The maximum atomic E-state index is 12.0. The Morgan fingerprint density at radius 2 is 1.90 bits per heavy atom. The lowest BCUT2D eigenvalue weighted by atomic mass is 10.2. The van der Waals surface area contributed by atoms with Gasteiger partial charge in [-0.3, -0.25) is 0 Å². The van der Waals surface area contributed by atoms with Gasteiger partial charge in [-0.1, -0.05) is 23.7 Å². The Bertz CT molecular complexity index is 709. The first-order valence-corrected chi connectivity index (χ1v) is 9.35. The summed E-state index contributed by atoms with van der Waals surface area (Å²) in [5.41, 5.74) is 1.70. The minimum atomic E-state index is -3.33. The van der Waals surface area contributed by atoms with E-state index in [9.17, 15) is 8.42 Å². The average molecular weight is 345 g/mol. The van der Waals surface area contributed by atoms with Crippen LogP contribution in [0, 0.1) is 13.8 Å². The van der Waals surface area contributed by atoms with Gasteiger partial charge in [-0.15, -0.1) is 11.3 Å². The largest absolute Gasteiger partial charge is 0.247 e. The van der Waals surface area contributed by atoms with Crippen LogP contribution in [-0.2, 0) is 22.2 Å². The van der Waals surface area contributed by atoms with Crippen molar-refractivity contribution in [3.8, 4) is 0 Å². The molecule has 2 rings (SSSR count). The number of halogens is 1. The number of rotatable bonds is 6. The summed E-state index contributed by atoms with van der Waals surface area (Å²) in [5, 5.41) is 1.60. The van der Waals surface area contributed by atoms with Crippen molar-refractivity contribution in [1.82, 2.24) is 9.71 Å². The molecule has 0 aliphatic carbocycles. The summed E-state index contributed by atoms with van der Waals surface area (Å²) in [6.07, 6.45) is 0.664. The molecule has 1 aromatic carbocycles. The molecule has 1 heterocycles. The Kier molecular flexibility index (Phi) is 5.37. The third-order valence-electron chi connectivity index (χ3n) is 2.94. The Morgan fingerprint density at radius 1 is 1.24 bits per heavy atom. The lowest BCUT2D eigenvalue weighted by molar-refractivity contribution is 0.581. The number of thiazole rings is 1. The predicted octanol–water partition coefficient (Wildman–Crippen LogP) is 3.08. The molecule has 0 aliphatic rings. The van der Waals surface area contributed by atoms with Crippen LogP contribution in [0.5, 0.6) is 0 Å². The number of sulfonamides is 1. The topological polar surface area (TPSA) is 59.1 Å². The highest BCUT2D eigenvalue weighted by atomic mass is 35.5. The molecule has 7 heteroatoms. The van der Waals surface area contributed by atoms with Gasteiger partial charge in [-0.25, -0.2) is 18.1 Å². The first-order valence-electron chi connectivity index (χ1n) is 6.50. The van der Waals surface area contributed by atoms with Gasteiger partial charge < -0.3 is 0 Å². The molecule has 0 spiro atoms. The zero-order chi connectivity index (χ0) is 15.5. The van der Waals surface area contributed by atoms with Crippen molar-refractivity contribution in [2.45, 2.75) is 26.0 Å². The molecule has 0 unspecified atom stereocenters. The molecule has 0 aliphatic heterocycles. The molecular formula is C14H17ClN2O2S2. The number of nitrogens with one attached hydrogen (secondary N) is 1. The Morgan fingerprint density at radius 3 is 2.48 bits per heavy atom. The van der Waals surface area contributed by atoms with Gasteiger partial charge >= 0.3 is 0 Å². The van der Waals surface area contributed by atoms with Gasteiger partial charge in [-0.2, -0.15) is 0 Å². The zero-order valence-electron chi connectivity index (χ0n) is 11.9. The number of benzene rings is 1. The van der Waals surface area contributed by atoms with Gasteiger partial charge in [0.05, 0.1) is 16.5 Å². The molecule has 0 amide bonds. The van der Waals surface area contributed by atoms with E-state index in [0.717, 1.165) is 21.1 Å². The van der Waals surface area contributed by atoms with Crippen molar-refractivity contribution in [2.75, 3.05) is 6.54 Å². The van der Waals surface area contributed by atoms with Gasteiger partial charge in [0.15, 0.2) is 0 Å². The highest BCUT2D eigenvalue weighted by Gasteiger charge is 2.12. The third kappa shape index (κ3) is 5.07. The molecule has 0 atom stereocenters. The molecule has 0 saturated carbocycles. The molecule has 1 aromatic heterocycles. The van der Waals surface area contributed by atoms with Crippen molar-refractivity contribution in [1.29, 1.82) is 0 Å². The van der Waals surface area contributed by atoms with Crippen molar-refractivity contribution >= 4 is 33.0 Å². The average Bonchev–Trinajstić information content (AvgIpc) is 2.70. The minimum Gasteiger partial charge on any atom is -0.247 e. The van der Waals surface area contributed by atoms with Crippen LogP contribution in [0.15, 0.2) is 24.3 Å². The van der Waals surface area contributed by atoms with Gasteiger partial charge in [0.25, 0.3) is 0 Å². The first kappa shape index (κ1) is 16.4. The molecule has 4 nitrogen and oxygen atoms in total. The number of nitrogens with zero attached hydrogens (tertiary/aromatic N) is 1. The van der Waals surface area contributed by atoms with E-state index in [2.05, 4.69) is 9.71 Å². The predicted molar refractivity (Wildman–Crippen MR) is 87.4 cm³/mol. The van der Waals surface area contributed by atoms with E-state index in [1.165, 1.54) is 0 Å². The van der Waals surface area contributed by atoms with E-state index in [-0.39, 0.29) is 5.75 Å². The zero-order valence-corrected chi connectivity index (χ0v) is 14.3. The van der Waals surface area contributed by atoms with Crippen molar-refractivity contribution < 1.29 is 8.42 Å². The maximum absolute atomic E-state index is 12.0. The second-order valence-electron chi connectivity index (χ2n) is 4.77. The number of hydrogen-bond donors (Lipinski definition) is 1. The quantitative estimate of drug-likeness (QED) is 0.876. The van der Waals surface area contributed by atoms with Gasteiger partial charge in [-0.05, 0) is 38.0 Å². The number of hydrogen-bond acceptors (Lipinski definition) is 4. The highest BCUT2D eigenvalue weighted by molar-refractivity contribution is 7.88. The van der Waals surface area contributed by atoms with Crippen molar-refractivity contribution in [2.24, 2.45) is 0 Å². The van der Waals surface area contributed by atoms with Crippen LogP contribution in [-0.4, -0.2) is 19.9 Å². The van der Waals surface area contributed by atoms with Crippen LogP contribution in [0.3, 0.4) is 0 Å². The molecule has 1 N–H and O–H groups in total. The van der Waals surface area contributed by atoms with Crippen molar-refractivity contribution in [3.05, 3.63) is 50.4 Å². The van der Waals surface area contributed by atoms with E-state index >= 15 is 0 Å². The van der Waals surface area contributed by atoms with Crippen molar-refractivity contribution in [3.63, 3.8) is 0 Å². The minimum absolute atomic E-state index is 0.0368. The van der Waals surface area contributed by atoms with Crippen LogP contribution in [0.1, 0.15) is 21.1 Å². The SMILES string of the molecule is Cc1nc(C)c(CCNS(=O)(=O)Cc2ccc(Cl)cc2)s1. The van der Waals surface area contributed by atoms with Crippen LogP contribution in [0.4, 0.5) is 0 Å². The van der Waals surface area contributed by atoms with Gasteiger partial charge in [0.1, 0.15) is 0 Å². The van der Waals surface area contributed by atoms with E-state index in [0.29, 0.717) is 18.0 Å². The van der Waals surface area contributed by atoms with E-state index in [4.69, 9.17) is 11.6 Å². The summed E-state index contributed by atoms with van der Waals surface area (Å²) in [5.74, 6) is -0.0368.